The summed E-state index contributed by atoms with van der Waals surface area (Å²) in [5.74, 6) is 0.302. The summed E-state index contributed by atoms with van der Waals surface area (Å²) in [6.07, 6.45) is 0.441. The van der Waals surface area contributed by atoms with Gasteiger partial charge in [0.15, 0.2) is 28.6 Å². The van der Waals surface area contributed by atoms with E-state index in [9.17, 15) is 15.0 Å². The number of hydrogen-bond donors (Lipinski definition) is 2. The van der Waals surface area contributed by atoms with Crippen LogP contribution < -0.4 is 14.2 Å². The van der Waals surface area contributed by atoms with Crippen molar-refractivity contribution < 1.29 is 33.6 Å². The Labute approximate surface area is 155 Å². The number of aryl methyl sites for hydroxylation is 1. The van der Waals surface area contributed by atoms with Crippen LogP contribution in [0.3, 0.4) is 0 Å². The smallest absolute Gasteiger partial charge is 0.203 e. The van der Waals surface area contributed by atoms with Gasteiger partial charge in [0, 0.05) is 17.4 Å². The first-order chi connectivity index (χ1) is 13.0. The normalized spacial score (nSPS) is 10.8. The number of carbonyl (C=O) groups excluding carboxylic acids is 1. The molecule has 3 rings (SSSR count). The molecule has 0 bridgehead atoms. The minimum Gasteiger partial charge on any atom is -0.504 e. The van der Waals surface area contributed by atoms with E-state index in [-0.39, 0.29) is 45.7 Å². The summed E-state index contributed by atoms with van der Waals surface area (Å²) in [5.41, 5.74) is 0.703. The number of ether oxygens (including phenoxy) is 3. The summed E-state index contributed by atoms with van der Waals surface area (Å²) in [5, 5.41) is 21.0. The molecule has 0 aliphatic rings. The van der Waals surface area contributed by atoms with Crippen molar-refractivity contribution in [1.82, 2.24) is 0 Å². The summed E-state index contributed by atoms with van der Waals surface area (Å²) >= 11 is 0. The SMILES string of the molecule is CCc1oc2c(O)c(OC)ccc2c1C(=O)c1cc(O)c(OC)c(OC)c1. The third-order valence-corrected chi connectivity index (χ3v) is 4.36. The number of phenolic OH excluding ortho intramolecular Hbond substituents is 2. The van der Waals surface area contributed by atoms with Gasteiger partial charge in [-0.1, -0.05) is 6.92 Å². The van der Waals surface area contributed by atoms with Crippen LogP contribution in [0.4, 0.5) is 0 Å². The van der Waals surface area contributed by atoms with Crippen molar-refractivity contribution in [3.8, 4) is 28.7 Å². The fourth-order valence-corrected chi connectivity index (χ4v) is 3.06. The van der Waals surface area contributed by atoms with E-state index in [2.05, 4.69) is 0 Å². The Morgan fingerprint density at radius 2 is 1.74 bits per heavy atom. The van der Waals surface area contributed by atoms with E-state index in [1.807, 2.05) is 6.92 Å². The number of carbonyl (C=O) groups is 1. The minimum absolute atomic E-state index is 0.143. The van der Waals surface area contributed by atoms with Gasteiger partial charge in [-0.15, -0.1) is 0 Å². The maximum Gasteiger partial charge on any atom is 0.203 e. The molecular weight excluding hydrogens is 352 g/mol. The zero-order chi connectivity index (χ0) is 19.7. The van der Waals surface area contributed by atoms with Gasteiger partial charge >= 0.3 is 0 Å². The topological polar surface area (TPSA) is 98.4 Å². The molecule has 0 amide bonds. The second kappa shape index (κ2) is 7.11. The highest BCUT2D eigenvalue weighted by molar-refractivity contribution is 6.18. The third kappa shape index (κ3) is 2.91. The number of ketones is 1. The van der Waals surface area contributed by atoms with Crippen LogP contribution in [0, 0.1) is 0 Å². The molecule has 0 aliphatic carbocycles. The fourth-order valence-electron chi connectivity index (χ4n) is 3.06. The van der Waals surface area contributed by atoms with Crippen LogP contribution in [-0.2, 0) is 6.42 Å². The molecule has 0 saturated heterocycles. The Bertz CT molecular complexity index is 1020. The number of furan rings is 1. The Balaban J connectivity index is 2.22. The molecule has 7 heteroatoms. The number of hydrogen-bond acceptors (Lipinski definition) is 7. The molecule has 1 aromatic heterocycles. The van der Waals surface area contributed by atoms with E-state index < -0.39 is 0 Å². The van der Waals surface area contributed by atoms with E-state index in [4.69, 9.17) is 18.6 Å². The number of rotatable bonds is 6. The van der Waals surface area contributed by atoms with Crippen LogP contribution >= 0.6 is 0 Å². The van der Waals surface area contributed by atoms with Crippen molar-refractivity contribution in [3.63, 3.8) is 0 Å². The Hall–Kier alpha value is -3.35. The van der Waals surface area contributed by atoms with Gasteiger partial charge in [-0.25, -0.2) is 0 Å². The molecule has 0 radical (unpaired) electrons. The van der Waals surface area contributed by atoms with Crippen molar-refractivity contribution in [1.29, 1.82) is 0 Å². The van der Waals surface area contributed by atoms with Gasteiger partial charge in [0.05, 0.1) is 26.9 Å². The van der Waals surface area contributed by atoms with Gasteiger partial charge in [0.2, 0.25) is 11.5 Å². The zero-order valence-corrected chi connectivity index (χ0v) is 15.5. The summed E-state index contributed by atoms with van der Waals surface area (Å²) in [4.78, 5) is 13.2. The van der Waals surface area contributed by atoms with Crippen LogP contribution in [0.5, 0.6) is 28.7 Å². The largest absolute Gasteiger partial charge is 0.504 e. The highest BCUT2D eigenvalue weighted by atomic mass is 16.5. The lowest BCUT2D eigenvalue weighted by atomic mass is 9.98. The Morgan fingerprint density at radius 1 is 1.04 bits per heavy atom. The molecular formula is C20H20O7. The molecule has 0 aliphatic heterocycles. The molecule has 0 fully saturated rings. The summed E-state index contributed by atoms with van der Waals surface area (Å²) in [7, 11) is 4.25. The molecule has 0 spiro atoms. The van der Waals surface area contributed by atoms with Crippen LogP contribution in [0.2, 0.25) is 0 Å². The number of benzene rings is 2. The van der Waals surface area contributed by atoms with E-state index >= 15 is 0 Å². The number of phenols is 2. The molecule has 0 unspecified atom stereocenters. The lowest BCUT2D eigenvalue weighted by Gasteiger charge is -2.11. The van der Waals surface area contributed by atoms with Crippen LogP contribution in [0.25, 0.3) is 11.0 Å². The number of aromatic hydroxyl groups is 2. The first kappa shape index (κ1) is 18.4. The highest BCUT2D eigenvalue weighted by Gasteiger charge is 2.26. The zero-order valence-electron chi connectivity index (χ0n) is 15.5. The van der Waals surface area contributed by atoms with Crippen molar-refractivity contribution in [2.24, 2.45) is 0 Å². The average Bonchev–Trinajstić information content (AvgIpc) is 3.06. The van der Waals surface area contributed by atoms with E-state index in [0.717, 1.165) is 0 Å². The maximum atomic E-state index is 13.2. The van der Waals surface area contributed by atoms with Crippen molar-refractivity contribution in [2.45, 2.75) is 13.3 Å². The molecule has 27 heavy (non-hydrogen) atoms. The fraction of sp³-hybridized carbons (Fsp3) is 0.250. The third-order valence-electron chi connectivity index (χ3n) is 4.36. The Morgan fingerprint density at radius 3 is 2.33 bits per heavy atom. The van der Waals surface area contributed by atoms with Crippen molar-refractivity contribution >= 4 is 16.8 Å². The highest BCUT2D eigenvalue weighted by Crippen LogP contribution is 2.41. The van der Waals surface area contributed by atoms with Crippen molar-refractivity contribution in [2.75, 3.05) is 21.3 Å². The van der Waals surface area contributed by atoms with Crippen molar-refractivity contribution in [3.05, 3.63) is 41.2 Å². The van der Waals surface area contributed by atoms with Gasteiger partial charge in [-0.05, 0) is 24.3 Å². The molecule has 3 aromatic rings. The summed E-state index contributed by atoms with van der Waals surface area (Å²) < 4.78 is 21.1. The summed E-state index contributed by atoms with van der Waals surface area (Å²) in [6.45, 7) is 1.84. The second-order valence-corrected chi connectivity index (χ2v) is 5.81. The molecule has 142 valence electrons. The quantitative estimate of drug-likeness (QED) is 0.637. The van der Waals surface area contributed by atoms with Crippen LogP contribution in [0.15, 0.2) is 28.7 Å². The Kier molecular flexibility index (Phi) is 4.85. The second-order valence-electron chi connectivity index (χ2n) is 5.81. The number of methoxy groups -OCH3 is 3. The number of fused-ring (bicyclic) bond motifs is 1. The minimum atomic E-state index is -0.369. The predicted octanol–water partition coefficient (Wildman–Crippen LogP) is 3.66. The first-order valence-electron chi connectivity index (χ1n) is 8.27. The van der Waals surface area contributed by atoms with Crippen LogP contribution in [-0.4, -0.2) is 37.3 Å². The average molecular weight is 372 g/mol. The van der Waals surface area contributed by atoms with Gasteiger partial charge < -0.3 is 28.8 Å². The first-order valence-corrected chi connectivity index (χ1v) is 8.27. The molecule has 7 nitrogen and oxygen atoms in total. The van der Waals surface area contributed by atoms with Gasteiger partial charge in [-0.2, -0.15) is 0 Å². The maximum absolute atomic E-state index is 13.2. The predicted molar refractivity (Wildman–Crippen MR) is 98.5 cm³/mol. The standard InChI is InChI=1S/C20H20O7/c1-5-13-16(11-6-7-14(24-2)18(23)19(11)27-13)17(22)10-8-12(21)20(26-4)15(9-10)25-3/h6-9,21,23H,5H2,1-4H3. The molecule has 2 N–H and O–H groups in total. The lowest BCUT2D eigenvalue weighted by molar-refractivity contribution is 0.103. The molecule has 1 heterocycles. The molecule has 0 saturated carbocycles. The monoisotopic (exact) mass is 372 g/mol. The van der Waals surface area contributed by atoms with E-state index in [0.29, 0.717) is 23.1 Å². The van der Waals surface area contributed by atoms with Crippen LogP contribution in [0.1, 0.15) is 28.6 Å². The van der Waals surface area contributed by atoms with Gasteiger partial charge in [0.25, 0.3) is 0 Å². The summed E-state index contributed by atoms with van der Waals surface area (Å²) in [6, 6.07) is 6.02. The van der Waals surface area contributed by atoms with E-state index in [1.54, 1.807) is 12.1 Å². The molecule has 2 aromatic carbocycles. The van der Waals surface area contributed by atoms with Gasteiger partial charge in [-0.3, -0.25) is 4.79 Å². The lowest BCUT2D eigenvalue weighted by Crippen LogP contribution is -2.04. The van der Waals surface area contributed by atoms with E-state index in [1.165, 1.54) is 33.5 Å². The molecule has 0 atom stereocenters. The van der Waals surface area contributed by atoms with Gasteiger partial charge in [0.1, 0.15) is 5.76 Å².